The lowest BCUT2D eigenvalue weighted by Crippen LogP contribution is -2.46. The Hall–Kier alpha value is -1.36. The Morgan fingerprint density at radius 2 is 2.11 bits per heavy atom. The number of aliphatic carboxylic acids is 1. The number of carbonyl (C=O) groups is 2. The topological polar surface area (TPSA) is 57.6 Å². The van der Waals surface area contributed by atoms with Crippen LogP contribution in [0.5, 0.6) is 0 Å². The van der Waals surface area contributed by atoms with Gasteiger partial charge in [0.25, 0.3) is 0 Å². The molecule has 0 aromatic carbocycles. The molecule has 0 unspecified atom stereocenters. The van der Waals surface area contributed by atoms with Crippen molar-refractivity contribution in [3.05, 3.63) is 22.4 Å². The minimum Gasteiger partial charge on any atom is -0.481 e. The number of amides is 1. The molecule has 0 spiro atoms. The number of hydrogen-bond acceptors (Lipinski definition) is 3. The van der Waals surface area contributed by atoms with Crippen molar-refractivity contribution < 1.29 is 14.7 Å². The fourth-order valence-corrected chi connectivity index (χ4v) is 2.39. The summed E-state index contributed by atoms with van der Waals surface area (Å²) < 4.78 is 0. The maximum atomic E-state index is 12.0. The molecule has 100 valence electrons. The van der Waals surface area contributed by atoms with Crippen LogP contribution in [0.3, 0.4) is 0 Å². The van der Waals surface area contributed by atoms with Crippen molar-refractivity contribution in [2.45, 2.75) is 38.6 Å². The van der Waals surface area contributed by atoms with Gasteiger partial charge in [-0.1, -0.05) is 6.07 Å². The van der Waals surface area contributed by atoms with Crippen molar-refractivity contribution in [1.82, 2.24) is 4.90 Å². The number of carboxylic acids is 1. The number of hydrogen-bond donors (Lipinski definition) is 1. The highest BCUT2D eigenvalue weighted by atomic mass is 32.1. The van der Waals surface area contributed by atoms with Crippen LogP contribution in [0.15, 0.2) is 17.5 Å². The molecule has 1 amide bonds. The summed E-state index contributed by atoms with van der Waals surface area (Å²) in [6.07, 6.45) is 1.08. The summed E-state index contributed by atoms with van der Waals surface area (Å²) in [5.41, 5.74) is -0.654. The normalized spacial score (nSPS) is 11.3. The Kier molecular flexibility index (Phi) is 4.90. The lowest BCUT2D eigenvalue weighted by Gasteiger charge is -2.34. The van der Waals surface area contributed by atoms with Gasteiger partial charge in [-0.05, 0) is 31.7 Å². The molecule has 0 bridgehead atoms. The third kappa shape index (κ3) is 4.14. The molecule has 0 fully saturated rings. The first-order valence-corrected chi connectivity index (χ1v) is 6.72. The Morgan fingerprint density at radius 1 is 1.44 bits per heavy atom. The van der Waals surface area contributed by atoms with Gasteiger partial charge < -0.3 is 10.0 Å². The van der Waals surface area contributed by atoms with E-state index in [0.717, 1.165) is 0 Å². The number of carbonyl (C=O) groups excluding carboxylic acids is 1. The van der Waals surface area contributed by atoms with Crippen LogP contribution in [0.4, 0.5) is 0 Å². The van der Waals surface area contributed by atoms with Crippen LogP contribution in [0.25, 0.3) is 0 Å². The van der Waals surface area contributed by atoms with Crippen LogP contribution in [-0.2, 0) is 16.0 Å². The average Bonchev–Trinajstić information content (AvgIpc) is 2.75. The van der Waals surface area contributed by atoms with Crippen molar-refractivity contribution in [2.75, 3.05) is 7.05 Å². The molecule has 1 N–H and O–H groups in total. The maximum Gasteiger partial charge on any atom is 0.305 e. The summed E-state index contributed by atoms with van der Waals surface area (Å²) in [5, 5.41) is 10.8. The summed E-state index contributed by atoms with van der Waals surface area (Å²) >= 11 is 1.63. The fraction of sp³-hybridized carbons (Fsp3) is 0.538. The predicted molar refractivity (Wildman–Crippen MR) is 71.7 cm³/mol. The molecule has 5 heteroatoms. The van der Waals surface area contributed by atoms with Crippen molar-refractivity contribution in [3.63, 3.8) is 0 Å². The molecule has 4 nitrogen and oxygen atoms in total. The molecule has 0 aliphatic rings. The molecule has 0 radical (unpaired) electrons. The van der Waals surface area contributed by atoms with Crippen LogP contribution >= 0.6 is 11.3 Å². The van der Waals surface area contributed by atoms with Crippen LogP contribution in [0.2, 0.25) is 0 Å². The first kappa shape index (κ1) is 14.7. The van der Waals surface area contributed by atoms with Gasteiger partial charge in [0.2, 0.25) is 5.91 Å². The number of aryl methyl sites for hydroxylation is 1. The Labute approximate surface area is 111 Å². The van der Waals surface area contributed by atoms with Gasteiger partial charge >= 0.3 is 5.97 Å². The number of rotatable bonds is 6. The van der Waals surface area contributed by atoms with Crippen molar-refractivity contribution >= 4 is 23.2 Å². The quantitative estimate of drug-likeness (QED) is 0.862. The second-order valence-corrected chi connectivity index (χ2v) is 5.95. The van der Waals surface area contributed by atoms with E-state index in [1.807, 2.05) is 17.5 Å². The fourth-order valence-electron chi connectivity index (χ4n) is 1.68. The molecule has 0 aliphatic heterocycles. The zero-order valence-electron chi connectivity index (χ0n) is 11.0. The lowest BCUT2D eigenvalue weighted by molar-refractivity contribution is -0.143. The molecule has 1 heterocycles. The molecular weight excluding hydrogens is 250 g/mol. The summed E-state index contributed by atoms with van der Waals surface area (Å²) in [7, 11) is 1.67. The zero-order chi connectivity index (χ0) is 13.8. The summed E-state index contributed by atoms with van der Waals surface area (Å²) in [4.78, 5) is 25.5. The van der Waals surface area contributed by atoms with Gasteiger partial charge in [0.1, 0.15) is 0 Å². The molecule has 1 aromatic heterocycles. The zero-order valence-corrected chi connectivity index (χ0v) is 11.8. The SMILES string of the molecule is CN(C(=O)CCc1cccs1)C(C)(C)CC(=O)O. The van der Waals surface area contributed by atoms with Gasteiger partial charge in [0, 0.05) is 23.9 Å². The number of thiophene rings is 1. The van der Waals surface area contributed by atoms with Crippen LogP contribution in [0.1, 0.15) is 31.6 Å². The highest BCUT2D eigenvalue weighted by Gasteiger charge is 2.29. The molecule has 1 rings (SSSR count). The van der Waals surface area contributed by atoms with E-state index in [1.54, 1.807) is 32.2 Å². The third-order valence-electron chi connectivity index (χ3n) is 3.03. The van der Waals surface area contributed by atoms with E-state index in [-0.39, 0.29) is 12.3 Å². The second-order valence-electron chi connectivity index (χ2n) is 4.92. The van der Waals surface area contributed by atoms with E-state index < -0.39 is 11.5 Å². The standard InChI is InChI=1S/C13H19NO3S/c1-13(2,9-12(16)17)14(3)11(15)7-6-10-5-4-8-18-10/h4-5,8H,6-7,9H2,1-3H3,(H,16,17). The largest absolute Gasteiger partial charge is 0.481 e. The molecule has 0 aliphatic carbocycles. The Balaban J connectivity index is 2.52. The van der Waals surface area contributed by atoms with Gasteiger partial charge in [-0.3, -0.25) is 9.59 Å². The third-order valence-corrected chi connectivity index (χ3v) is 3.97. The van der Waals surface area contributed by atoms with Gasteiger partial charge in [0.05, 0.1) is 6.42 Å². The molecule has 0 atom stereocenters. The first-order valence-electron chi connectivity index (χ1n) is 5.84. The molecule has 0 saturated carbocycles. The second kappa shape index (κ2) is 6.00. The lowest BCUT2D eigenvalue weighted by atomic mass is 9.98. The first-order chi connectivity index (χ1) is 8.33. The van der Waals surface area contributed by atoms with E-state index in [2.05, 4.69) is 0 Å². The smallest absolute Gasteiger partial charge is 0.305 e. The van der Waals surface area contributed by atoms with Crippen LogP contribution in [-0.4, -0.2) is 34.5 Å². The highest BCUT2D eigenvalue weighted by molar-refractivity contribution is 7.09. The minimum atomic E-state index is -0.891. The van der Waals surface area contributed by atoms with E-state index in [9.17, 15) is 9.59 Å². The monoisotopic (exact) mass is 269 g/mol. The van der Waals surface area contributed by atoms with E-state index >= 15 is 0 Å². The molecule has 0 saturated heterocycles. The van der Waals surface area contributed by atoms with Gasteiger partial charge in [0.15, 0.2) is 0 Å². The summed E-state index contributed by atoms with van der Waals surface area (Å²) in [6, 6.07) is 3.96. The summed E-state index contributed by atoms with van der Waals surface area (Å²) in [5.74, 6) is -0.910. The predicted octanol–water partition coefficient (Wildman–Crippen LogP) is 2.39. The van der Waals surface area contributed by atoms with E-state index in [0.29, 0.717) is 12.8 Å². The Bertz CT molecular complexity index is 412. The van der Waals surface area contributed by atoms with Crippen LogP contribution < -0.4 is 0 Å². The van der Waals surface area contributed by atoms with Gasteiger partial charge in [-0.25, -0.2) is 0 Å². The van der Waals surface area contributed by atoms with Gasteiger partial charge in [-0.15, -0.1) is 11.3 Å². The molecule has 1 aromatic rings. The average molecular weight is 269 g/mol. The van der Waals surface area contributed by atoms with Crippen LogP contribution in [0, 0.1) is 0 Å². The minimum absolute atomic E-state index is 0.0188. The highest BCUT2D eigenvalue weighted by Crippen LogP contribution is 2.19. The number of carboxylic acid groups (broad SMARTS) is 1. The van der Waals surface area contributed by atoms with E-state index in [1.165, 1.54) is 9.78 Å². The molecule has 18 heavy (non-hydrogen) atoms. The molecular formula is C13H19NO3S. The Morgan fingerprint density at radius 3 is 2.61 bits per heavy atom. The maximum absolute atomic E-state index is 12.0. The van der Waals surface area contributed by atoms with Crippen molar-refractivity contribution in [2.24, 2.45) is 0 Å². The van der Waals surface area contributed by atoms with Crippen molar-refractivity contribution in [3.8, 4) is 0 Å². The number of nitrogens with zero attached hydrogens (tertiary/aromatic N) is 1. The van der Waals surface area contributed by atoms with Crippen molar-refractivity contribution in [1.29, 1.82) is 0 Å². The van der Waals surface area contributed by atoms with Gasteiger partial charge in [-0.2, -0.15) is 0 Å². The van der Waals surface area contributed by atoms with E-state index in [4.69, 9.17) is 5.11 Å². The summed E-state index contributed by atoms with van der Waals surface area (Å²) in [6.45, 7) is 3.54.